The first-order valence-corrected chi connectivity index (χ1v) is 8.45. The van der Waals surface area contributed by atoms with Gasteiger partial charge in [0.1, 0.15) is 6.61 Å². The minimum absolute atomic E-state index is 0.00225. The number of rotatable bonds is 7. The third kappa shape index (κ3) is 3.83. The minimum Gasteiger partial charge on any atom is -0.375 e. The van der Waals surface area contributed by atoms with E-state index >= 15 is 0 Å². The van der Waals surface area contributed by atoms with E-state index in [1.165, 1.54) is 7.11 Å². The highest BCUT2D eigenvalue weighted by atomic mass is 16.5. The van der Waals surface area contributed by atoms with Gasteiger partial charge in [0.15, 0.2) is 5.65 Å². The number of aryl methyl sites for hydroxylation is 1. The van der Waals surface area contributed by atoms with E-state index < -0.39 is 0 Å². The van der Waals surface area contributed by atoms with E-state index in [2.05, 4.69) is 16.4 Å². The molecule has 7 heteroatoms. The van der Waals surface area contributed by atoms with Crippen molar-refractivity contribution >= 4 is 17.1 Å². The standard InChI is InChI=1S/C19H22N4O3/c1-14-5-3-6-15(11-14)12-23-16-7-4-8-21-18(16)22(19(23)25)10-9-20-17(24)13-26-2/h3-8,11H,9-10,12-13H2,1-2H3,(H,20,24). The number of benzene rings is 1. The Morgan fingerprint density at radius 1 is 1.23 bits per heavy atom. The molecule has 0 aliphatic rings. The Labute approximate surface area is 151 Å². The highest BCUT2D eigenvalue weighted by Crippen LogP contribution is 2.13. The average Bonchev–Trinajstić information content (AvgIpc) is 2.88. The Kier molecular flexibility index (Phi) is 5.48. The summed E-state index contributed by atoms with van der Waals surface area (Å²) in [6, 6.07) is 11.8. The van der Waals surface area contributed by atoms with Crippen molar-refractivity contribution in [2.24, 2.45) is 0 Å². The van der Waals surface area contributed by atoms with Gasteiger partial charge < -0.3 is 10.1 Å². The molecule has 0 radical (unpaired) electrons. The Bertz CT molecular complexity index is 974. The average molecular weight is 354 g/mol. The number of aromatic nitrogens is 3. The van der Waals surface area contributed by atoms with Gasteiger partial charge in [-0.2, -0.15) is 0 Å². The van der Waals surface area contributed by atoms with Gasteiger partial charge in [-0.15, -0.1) is 0 Å². The van der Waals surface area contributed by atoms with Crippen LogP contribution in [-0.2, 0) is 22.6 Å². The molecule has 0 atom stereocenters. The smallest absolute Gasteiger partial charge is 0.330 e. The van der Waals surface area contributed by atoms with Crippen LogP contribution in [0.1, 0.15) is 11.1 Å². The molecule has 0 aliphatic carbocycles. The van der Waals surface area contributed by atoms with Crippen molar-refractivity contribution in [3.63, 3.8) is 0 Å². The predicted molar refractivity (Wildman–Crippen MR) is 99.2 cm³/mol. The molecule has 0 bridgehead atoms. The molecule has 3 aromatic rings. The molecule has 2 heterocycles. The molecule has 1 N–H and O–H groups in total. The number of carbonyl (C=O) groups is 1. The summed E-state index contributed by atoms with van der Waals surface area (Å²) in [5.74, 6) is -0.211. The third-order valence-electron chi connectivity index (χ3n) is 4.13. The zero-order chi connectivity index (χ0) is 18.5. The van der Waals surface area contributed by atoms with Crippen LogP contribution >= 0.6 is 0 Å². The third-order valence-corrected chi connectivity index (χ3v) is 4.13. The molecule has 7 nitrogen and oxygen atoms in total. The van der Waals surface area contributed by atoms with Crippen molar-refractivity contribution < 1.29 is 9.53 Å². The Balaban J connectivity index is 1.89. The van der Waals surface area contributed by atoms with E-state index in [4.69, 9.17) is 4.74 Å². The number of ether oxygens (including phenoxy) is 1. The SMILES string of the molecule is COCC(=O)NCCn1c(=O)n(Cc2cccc(C)c2)c2cccnc21. The van der Waals surface area contributed by atoms with Crippen LogP contribution in [0.5, 0.6) is 0 Å². The van der Waals surface area contributed by atoms with Gasteiger partial charge in [-0.1, -0.05) is 29.8 Å². The second-order valence-electron chi connectivity index (χ2n) is 6.14. The fraction of sp³-hybridized carbons (Fsp3) is 0.316. The van der Waals surface area contributed by atoms with Crippen LogP contribution in [0.3, 0.4) is 0 Å². The maximum atomic E-state index is 12.9. The largest absolute Gasteiger partial charge is 0.375 e. The summed E-state index contributed by atoms with van der Waals surface area (Å²) >= 11 is 0. The summed E-state index contributed by atoms with van der Waals surface area (Å²) in [6.45, 7) is 3.19. The quantitative estimate of drug-likeness (QED) is 0.694. The van der Waals surface area contributed by atoms with Crippen molar-refractivity contribution in [1.82, 2.24) is 19.4 Å². The van der Waals surface area contributed by atoms with E-state index in [0.29, 0.717) is 25.3 Å². The maximum Gasteiger partial charge on any atom is 0.330 e. The van der Waals surface area contributed by atoms with Crippen molar-refractivity contribution in [2.75, 3.05) is 20.3 Å². The molecular weight excluding hydrogens is 332 g/mol. The minimum atomic E-state index is -0.211. The number of hydrogen-bond acceptors (Lipinski definition) is 4. The monoisotopic (exact) mass is 354 g/mol. The molecule has 2 aromatic heterocycles. The molecule has 136 valence electrons. The Morgan fingerprint density at radius 3 is 2.85 bits per heavy atom. The molecule has 26 heavy (non-hydrogen) atoms. The fourth-order valence-electron chi connectivity index (χ4n) is 2.98. The number of imidazole rings is 1. The van der Waals surface area contributed by atoms with E-state index in [1.54, 1.807) is 15.3 Å². The highest BCUT2D eigenvalue weighted by Gasteiger charge is 2.14. The normalized spacial score (nSPS) is 11.0. The van der Waals surface area contributed by atoms with Gasteiger partial charge in [0, 0.05) is 26.4 Å². The molecular formula is C19H22N4O3. The van der Waals surface area contributed by atoms with Gasteiger partial charge >= 0.3 is 5.69 Å². The first kappa shape index (κ1) is 17.9. The zero-order valence-corrected chi connectivity index (χ0v) is 14.9. The summed E-state index contributed by atoms with van der Waals surface area (Å²) < 4.78 is 8.10. The molecule has 0 fully saturated rings. The number of carbonyl (C=O) groups excluding carboxylic acids is 1. The highest BCUT2D eigenvalue weighted by molar-refractivity contribution is 5.77. The van der Waals surface area contributed by atoms with Gasteiger partial charge in [0.2, 0.25) is 5.91 Å². The van der Waals surface area contributed by atoms with Crippen molar-refractivity contribution in [3.05, 3.63) is 64.2 Å². The lowest BCUT2D eigenvalue weighted by molar-refractivity contribution is -0.124. The molecule has 0 saturated carbocycles. The van der Waals surface area contributed by atoms with Crippen molar-refractivity contribution in [1.29, 1.82) is 0 Å². The van der Waals surface area contributed by atoms with E-state index in [0.717, 1.165) is 16.6 Å². The van der Waals surface area contributed by atoms with Gasteiger partial charge in [0.05, 0.1) is 12.1 Å². The molecule has 0 saturated heterocycles. The van der Waals surface area contributed by atoms with Crippen LogP contribution < -0.4 is 11.0 Å². The van der Waals surface area contributed by atoms with Crippen LogP contribution in [0.2, 0.25) is 0 Å². The number of nitrogens with zero attached hydrogens (tertiary/aromatic N) is 3. The number of fused-ring (bicyclic) bond motifs is 1. The fourth-order valence-corrected chi connectivity index (χ4v) is 2.98. The van der Waals surface area contributed by atoms with E-state index in [1.807, 2.05) is 37.3 Å². The van der Waals surface area contributed by atoms with Gasteiger partial charge in [-0.25, -0.2) is 9.78 Å². The van der Waals surface area contributed by atoms with Crippen LogP contribution in [0.15, 0.2) is 47.4 Å². The van der Waals surface area contributed by atoms with Gasteiger partial charge in [-0.05, 0) is 24.6 Å². The topological polar surface area (TPSA) is 78.1 Å². The number of hydrogen-bond donors (Lipinski definition) is 1. The van der Waals surface area contributed by atoms with Crippen LogP contribution in [0.4, 0.5) is 0 Å². The molecule has 0 unspecified atom stereocenters. The van der Waals surface area contributed by atoms with Crippen LogP contribution in [0.25, 0.3) is 11.2 Å². The number of nitrogens with one attached hydrogen (secondary N) is 1. The lowest BCUT2D eigenvalue weighted by atomic mass is 10.1. The molecule has 1 amide bonds. The maximum absolute atomic E-state index is 12.9. The summed E-state index contributed by atoms with van der Waals surface area (Å²) in [5, 5.41) is 2.73. The molecule has 1 aromatic carbocycles. The van der Waals surface area contributed by atoms with Gasteiger partial charge in [0.25, 0.3) is 0 Å². The number of pyridine rings is 1. The van der Waals surface area contributed by atoms with Crippen LogP contribution in [-0.4, -0.2) is 40.3 Å². The zero-order valence-electron chi connectivity index (χ0n) is 14.9. The first-order valence-electron chi connectivity index (χ1n) is 8.45. The first-order chi connectivity index (χ1) is 12.6. The van der Waals surface area contributed by atoms with E-state index in [9.17, 15) is 9.59 Å². The molecule has 0 aliphatic heterocycles. The molecule has 0 spiro atoms. The Morgan fingerprint density at radius 2 is 2.08 bits per heavy atom. The number of amides is 1. The van der Waals surface area contributed by atoms with E-state index in [-0.39, 0.29) is 18.2 Å². The lowest BCUT2D eigenvalue weighted by Gasteiger charge is -2.05. The summed E-state index contributed by atoms with van der Waals surface area (Å²) in [7, 11) is 1.47. The van der Waals surface area contributed by atoms with Crippen LogP contribution in [0, 0.1) is 6.92 Å². The second-order valence-corrected chi connectivity index (χ2v) is 6.14. The van der Waals surface area contributed by atoms with Crippen molar-refractivity contribution in [3.8, 4) is 0 Å². The summed E-state index contributed by atoms with van der Waals surface area (Å²) in [6.07, 6.45) is 1.67. The van der Waals surface area contributed by atoms with Crippen molar-refractivity contribution in [2.45, 2.75) is 20.0 Å². The number of methoxy groups -OCH3 is 1. The van der Waals surface area contributed by atoms with Gasteiger partial charge in [-0.3, -0.25) is 13.9 Å². The molecule has 3 rings (SSSR count). The summed E-state index contributed by atoms with van der Waals surface area (Å²) in [4.78, 5) is 28.8. The summed E-state index contributed by atoms with van der Waals surface area (Å²) in [5.41, 5.74) is 3.47. The lowest BCUT2D eigenvalue weighted by Crippen LogP contribution is -2.33. The second kappa shape index (κ2) is 7.97. The predicted octanol–water partition coefficient (Wildman–Crippen LogP) is 1.32. The Hall–Kier alpha value is -2.93.